The smallest absolute Gasteiger partial charge is 0.254 e. The molecule has 4 nitrogen and oxygen atoms in total. The van der Waals surface area contributed by atoms with Crippen molar-refractivity contribution in [2.75, 3.05) is 26.2 Å². The average Bonchev–Trinajstić information content (AvgIpc) is 3.15. The molecule has 1 amide bonds. The predicted octanol–water partition coefficient (Wildman–Crippen LogP) is 4.34. The van der Waals surface area contributed by atoms with Crippen molar-refractivity contribution in [3.63, 3.8) is 0 Å². The Hall–Kier alpha value is -2.17. The highest BCUT2D eigenvalue weighted by Gasteiger charge is 2.34. The van der Waals surface area contributed by atoms with E-state index in [0.717, 1.165) is 51.1 Å². The van der Waals surface area contributed by atoms with Crippen LogP contribution in [-0.2, 0) is 6.54 Å². The zero-order valence-electron chi connectivity index (χ0n) is 18.0. The number of hydrogen-bond donors (Lipinski definition) is 1. The van der Waals surface area contributed by atoms with Gasteiger partial charge in [0.05, 0.1) is 0 Å². The van der Waals surface area contributed by atoms with Gasteiger partial charge in [0.2, 0.25) is 0 Å². The molecule has 1 unspecified atom stereocenters. The van der Waals surface area contributed by atoms with E-state index < -0.39 is 0 Å². The lowest BCUT2D eigenvalue weighted by atomic mass is 9.87. The summed E-state index contributed by atoms with van der Waals surface area (Å²) >= 11 is 0. The first kappa shape index (κ1) is 19.8. The molecule has 2 aromatic rings. The van der Waals surface area contributed by atoms with Crippen LogP contribution in [0.15, 0.2) is 48.5 Å². The summed E-state index contributed by atoms with van der Waals surface area (Å²) in [6.07, 6.45) is 4.67. The Morgan fingerprint density at radius 2 is 1.83 bits per heavy atom. The van der Waals surface area contributed by atoms with Crippen LogP contribution in [0.1, 0.15) is 71.6 Å². The van der Waals surface area contributed by atoms with Gasteiger partial charge in [0.1, 0.15) is 0 Å². The van der Waals surface area contributed by atoms with Gasteiger partial charge < -0.3 is 10.2 Å². The van der Waals surface area contributed by atoms with Crippen molar-refractivity contribution in [2.24, 2.45) is 0 Å². The van der Waals surface area contributed by atoms with E-state index in [2.05, 4.69) is 70.6 Å². The Morgan fingerprint density at radius 1 is 1.03 bits per heavy atom. The van der Waals surface area contributed by atoms with E-state index in [1.807, 2.05) is 0 Å². The van der Waals surface area contributed by atoms with Gasteiger partial charge in [-0.15, -0.1) is 0 Å². The zero-order valence-corrected chi connectivity index (χ0v) is 18.0. The minimum Gasteiger partial charge on any atom is -0.330 e. The lowest BCUT2D eigenvalue weighted by Gasteiger charge is -2.36. The van der Waals surface area contributed by atoms with Crippen LogP contribution in [0.4, 0.5) is 0 Å². The third-order valence-corrected chi connectivity index (χ3v) is 7.50. The number of fused-ring (bicyclic) bond motifs is 1. The number of rotatable bonds is 4. The lowest BCUT2D eigenvalue weighted by Crippen LogP contribution is -2.46. The summed E-state index contributed by atoms with van der Waals surface area (Å²) in [7, 11) is 0. The van der Waals surface area contributed by atoms with Crippen LogP contribution >= 0.6 is 0 Å². The normalized spacial score (nSPS) is 24.1. The van der Waals surface area contributed by atoms with Crippen molar-refractivity contribution in [3.05, 3.63) is 70.8 Å². The zero-order chi connectivity index (χ0) is 20.5. The first-order valence-electron chi connectivity index (χ1n) is 11.6. The summed E-state index contributed by atoms with van der Waals surface area (Å²) in [4.78, 5) is 17.6. The van der Waals surface area contributed by atoms with E-state index in [0.29, 0.717) is 18.0 Å². The minimum absolute atomic E-state index is 0.233. The fraction of sp³-hybridized carbons (Fsp3) is 0.500. The van der Waals surface area contributed by atoms with Gasteiger partial charge in [0.15, 0.2) is 0 Å². The molecule has 2 saturated heterocycles. The van der Waals surface area contributed by atoms with E-state index in [4.69, 9.17) is 0 Å². The maximum Gasteiger partial charge on any atom is 0.254 e. The van der Waals surface area contributed by atoms with E-state index in [9.17, 15) is 4.79 Å². The first-order valence-corrected chi connectivity index (χ1v) is 11.6. The number of hydrogen-bond acceptors (Lipinski definition) is 3. The summed E-state index contributed by atoms with van der Waals surface area (Å²) in [5.41, 5.74) is 5.00. The molecule has 4 heteroatoms. The molecular formula is C26H33N3O. The summed E-state index contributed by atoms with van der Waals surface area (Å²) in [5.74, 6) is 0.840. The van der Waals surface area contributed by atoms with E-state index >= 15 is 0 Å². The van der Waals surface area contributed by atoms with E-state index in [-0.39, 0.29) is 5.91 Å². The van der Waals surface area contributed by atoms with Crippen LogP contribution in [0, 0.1) is 0 Å². The molecule has 0 saturated carbocycles. The number of carbonyl (C=O) groups is 1. The Morgan fingerprint density at radius 3 is 2.57 bits per heavy atom. The van der Waals surface area contributed by atoms with Crippen molar-refractivity contribution in [2.45, 2.75) is 57.2 Å². The SMILES string of the molecule is C[C@@H](c1ccccc1)N1CCC(c2ccc3c(c2)CN(C2CCCNC2)C3=O)CC1. The Bertz CT molecular complexity index is 882. The maximum atomic E-state index is 12.9. The number of likely N-dealkylation sites (tertiary alicyclic amines) is 1. The fourth-order valence-corrected chi connectivity index (χ4v) is 5.57. The number of benzene rings is 2. The van der Waals surface area contributed by atoms with Gasteiger partial charge in [-0.3, -0.25) is 9.69 Å². The first-order chi connectivity index (χ1) is 14.7. The molecule has 0 bridgehead atoms. The molecule has 5 rings (SSSR count). The molecule has 0 aliphatic carbocycles. The second-order valence-electron chi connectivity index (χ2n) is 9.25. The number of carbonyl (C=O) groups excluding carboxylic acids is 1. The third kappa shape index (κ3) is 3.79. The van der Waals surface area contributed by atoms with Crippen LogP contribution < -0.4 is 5.32 Å². The second-order valence-corrected chi connectivity index (χ2v) is 9.25. The lowest BCUT2D eigenvalue weighted by molar-refractivity contribution is 0.0674. The molecule has 0 radical (unpaired) electrons. The molecule has 2 fully saturated rings. The topological polar surface area (TPSA) is 35.6 Å². The molecule has 30 heavy (non-hydrogen) atoms. The molecule has 2 atom stereocenters. The van der Waals surface area contributed by atoms with E-state index in [1.165, 1.54) is 29.5 Å². The van der Waals surface area contributed by atoms with Gasteiger partial charge in [-0.1, -0.05) is 42.5 Å². The van der Waals surface area contributed by atoms with Crippen LogP contribution in [-0.4, -0.2) is 47.9 Å². The molecule has 0 spiro atoms. The molecule has 3 aliphatic heterocycles. The summed E-state index contributed by atoms with van der Waals surface area (Å²) in [5, 5.41) is 3.45. The van der Waals surface area contributed by atoms with Gasteiger partial charge in [-0.25, -0.2) is 0 Å². The van der Waals surface area contributed by atoms with Crippen molar-refractivity contribution in [1.29, 1.82) is 0 Å². The molecule has 2 aromatic carbocycles. The molecule has 0 aromatic heterocycles. The van der Waals surface area contributed by atoms with Crippen LogP contribution in [0.3, 0.4) is 0 Å². The number of nitrogens with zero attached hydrogens (tertiary/aromatic N) is 2. The van der Waals surface area contributed by atoms with Gasteiger partial charge in [0.25, 0.3) is 5.91 Å². The molecule has 3 heterocycles. The molecule has 158 valence electrons. The Kier molecular flexibility index (Phi) is 5.62. The number of piperidine rings is 2. The summed E-state index contributed by atoms with van der Waals surface area (Å²) in [6.45, 7) is 7.40. The summed E-state index contributed by atoms with van der Waals surface area (Å²) < 4.78 is 0. The largest absolute Gasteiger partial charge is 0.330 e. The highest BCUT2D eigenvalue weighted by atomic mass is 16.2. The Balaban J connectivity index is 1.24. The van der Waals surface area contributed by atoms with Crippen molar-refractivity contribution >= 4 is 5.91 Å². The maximum absolute atomic E-state index is 12.9. The fourth-order valence-electron chi connectivity index (χ4n) is 5.57. The van der Waals surface area contributed by atoms with Gasteiger partial charge in [-0.2, -0.15) is 0 Å². The molecule has 3 aliphatic rings. The number of nitrogens with one attached hydrogen (secondary N) is 1. The highest BCUT2D eigenvalue weighted by molar-refractivity contribution is 5.98. The van der Waals surface area contributed by atoms with E-state index in [1.54, 1.807) is 0 Å². The van der Waals surface area contributed by atoms with Gasteiger partial charge in [0, 0.05) is 30.7 Å². The molecular weight excluding hydrogens is 370 g/mol. The van der Waals surface area contributed by atoms with Gasteiger partial charge >= 0.3 is 0 Å². The van der Waals surface area contributed by atoms with Crippen LogP contribution in [0.2, 0.25) is 0 Å². The van der Waals surface area contributed by atoms with Crippen molar-refractivity contribution < 1.29 is 4.79 Å². The standard InChI is InChI=1S/C26H33N3O/c1-19(20-6-3-2-4-7-20)28-14-11-21(12-15-28)22-9-10-25-23(16-22)18-29(26(25)30)24-8-5-13-27-17-24/h2-4,6-7,9-10,16,19,21,24,27H,5,8,11-15,17-18H2,1H3/t19-,24?/m0/s1. The minimum atomic E-state index is 0.233. The monoisotopic (exact) mass is 403 g/mol. The molecule has 1 N–H and O–H groups in total. The summed E-state index contributed by atoms with van der Waals surface area (Å²) in [6, 6.07) is 18.3. The highest BCUT2D eigenvalue weighted by Crippen LogP contribution is 2.35. The quantitative estimate of drug-likeness (QED) is 0.825. The third-order valence-electron chi connectivity index (χ3n) is 7.50. The van der Waals surface area contributed by atoms with Crippen molar-refractivity contribution in [1.82, 2.24) is 15.1 Å². The van der Waals surface area contributed by atoms with Crippen LogP contribution in [0.5, 0.6) is 0 Å². The predicted molar refractivity (Wildman–Crippen MR) is 121 cm³/mol. The Labute approximate surface area is 180 Å². The average molecular weight is 404 g/mol. The second kappa shape index (κ2) is 8.52. The van der Waals surface area contributed by atoms with Gasteiger partial charge in [-0.05, 0) is 80.9 Å². The van der Waals surface area contributed by atoms with Crippen LogP contribution in [0.25, 0.3) is 0 Å². The van der Waals surface area contributed by atoms with Crippen molar-refractivity contribution in [3.8, 4) is 0 Å². The number of amides is 1.